The zero-order valence-electron chi connectivity index (χ0n) is 20.1. The number of carbonyl (C=O) groups excluding carboxylic acids is 2. The van der Waals surface area contributed by atoms with Crippen molar-refractivity contribution >= 4 is 23.2 Å². The van der Waals surface area contributed by atoms with E-state index in [4.69, 9.17) is 0 Å². The van der Waals surface area contributed by atoms with E-state index in [0.29, 0.717) is 24.6 Å². The summed E-state index contributed by atoms with van der Waals surface area (Å²) in [4.78, 5) is 32.6. The molecular formula is C27H37N3O2S. The normalized spacial score (nSPS) is 21.9. The second-order valence-electron chi connectivity index (χ2n) is 10.0. The number of carbonyl (C=O) groups is 2. The Morgan fingerprint density at radius 2 is 1.91 bits per heavy atom. The van der Waals surface area contributed by atoms with Gasteiger partial charge < -0.3 is 15.1 Å². The van der Waals surface area contributed by atoms with Gasteiger partial charge in [0.1, 0.15) is 0 Å². The molecule has 33 heavy (non-hydrogen) atoms. The van der Waals surface area contributed by atoms with E-state index in [-0.39, 0.29) is 17.9 Å². The third-order valence-electron chi connectivity index (χ3n) is 6.94. The van der Waals surface area contributed by atoms with Gasteiger partial charge in [0.15, 0.2) is 0 Å². The Bertz CT molecular complexity index is 935. The maximum absolute atomic E-state index is 13.6. The molecule has 1 N–H and O–H groups in total. The predicted octanol–water partition coefficient (Wildman–Crippen LogP) is 4.92. The van der Waals surface area contributed by atoms with E-state index in [2.05, 4.69) is 37.1 Å². The van der Waals surface area contributed by atoms with Crippen LogP contribution in [0.1, 0.15) is 72.8 Å². The SMILES string of the molecule is CC(C)CN1C(=O)c2ccccc2C(C(=O)NCCCN2CCC(C)CC2)C1c1cccs1. The number of thiophene rings is 1. The second kappa shape index (κ2) is 10.8. The van der Waals surface area contributed by atoms with Crippen molar-refractivity contribution in [1.29, 1.82) is 0 Å². The number of rotatable bonds is 8. The van der Waals surface area contributed by atoms with E-state index in [1.165, 1.54) is 12.8 Å². The molecule has 2 unspecified atom stereocenters. The Kier molecular flexibility index (Phi) is 7.86. The van der Waals surface area contributed by atoms with Crippen LogP contribution in [0.5, 0.6) is 0 Å². The van der Waals surface area contributed by atoms with Gasteiger partial charge in [-0.1, -0.05) is 45.0 Å². The molecule has 1 saturated heterocycles. The van der Waals surface area contributed by atoms with Crippen LogP contribution in [-0.2, 0) is 4.79 Å². The summed E-state index contributed by atoms with van der Waals surface area (Å²) < 4.78 is 0. The summed E-state index contributed by atoms with van der Waals surface area (Å²) in [6.07, 6.45) is 3.49. The van der Waals surface area contributed by atoms with Crippen LogP contribution < -0.4 is 5.32 Å². The van der Waals surface area contributed by atoms with Crippen LogP contribution in [0, 0.1) is 11.8 Å². The highest BCUT2D eigenvalue weighted by Crippen LogP contribution is 2.44. The Hall–Kier alpha value is -2.18. The van der Waals surface area contributed by atoms with Gasteiger partial charge in [-0.15, -0.1) is 11.3 Å². The van der Waals surface area contributed by atoms with Crippen LogP contribution in [0.4, 0.5) is 0 Å². The van der Waals surface area contributed by atoms with E-state index in [1.807, 2.05) is 40.6 Å². The first-order valence-corrected chi connectivity index (χ1v) is 13.3. The van der Waals surface area contributed by atoms with Gasteiger partial charge >= 0.3 is 0 Å². The molecule has 2 aliphatic rings. The third kappa shape index (κ3) is 5.49. The predicted molar refractivity (Wildman–Crippen MR) is 135 cm³/mol. The summed E-state index contributed by atoms with van der Waals surface area (Å²) in [6, 6.07) is 11.5. The molecule has 178 valence electrons. The number of fused-ring (bicyclic) bond motifs is 1. The van der Waals surface area contributed by atoms with Crippen molar-refractivity contribution in [2.24, 2.45) is 11.8 Å². The van der Waals surface area contributed by atoms with Crippen molar-refractivity contribution in [3.63, 3.8) is 0 Å². The van der Waals surface area contributed by atoms with Gasteiger partial charge in [-0.2, -0.15) is 0 Å². The van der Waals surface area contributed by atoms with Gasteiger partial charge in [-0.3, -0.25) is 9.59 Å². The summed E-state index contributed by atoms with van der Waals surface area (Å²) >= 11 is 1.62. The molecule has 0 radical (unpaired) electrons. The average molecular weight is 468 g/mol. The smallest absolute Gasteiger partial charge is 0.254 e. The van der Waals surface area contributed by atoms with Crippen LogP contribution >= 0.6 is 11.3 Å². The third-order valence-corrected chi connectivity index (χ3v) is 7.89. The molecule has 0 bridgehead atoms. The lowest BCUT2D eigenvalue weighted by atomic mass is 9.81. The molecule has 2 aliphatic heterocycles. The van der Waals surface area contributed by atoms with Crippen molar-refractivity contribution in [2.45, 2.75) is 52.0 Å². The lowest BCUT2D eigenvalue weighted by Gasteiger charge is -2.42. The lowest BCUT2D eigenvalue weighted by Crippen LogP contribution is -2.48. The Morgan fingerprint density at radius 1 is 1.15 bits per heavy atom. The monoisotopic (exact) mass is 467 g/mol. The first-order valence-electron chi connectivity index (χ1n) is 12.4. The first kappa shape index (κ1) is 24.0. The Morgan fingerprint density at radius 3 is 2.61 bits per heavy atom. The fraction of sp³-hybridized carbons (Fsp3) is 0.556. The van der Waals surface area contributed by atoms with E-state index in [1.54, 1.807) is 11.3 Å². The standard InChI is InChI=1S/C27H37N3O2S/c1-19(2)18-30-25(23-10-6-17-33-23)24(21-8-4-5-9-22(21)27(30)32)26(31)28-13-7-14-29-15-11-20(3)12-16-29/h4-6,8-10,17,19-20,24-25H,7,11-16,18H2,1-3H3,(H,28,31). The summed E-state index contributed by atoms with van der Waals surface area (Å²) in [5.74, 6) is 0.804. The van der Waals surface area contributed by atoms with Crippen LogP contribution in [-0.4, -0.2) is 54.3 Å². The molecule has 1 fully saturated rings. The van der Waals surface area contributed by atoms with E-state index in [9.17, 15) is 9.59 Å². The van der Waals surface area contributed by atoms with Crippen molar-refractivity contribution < 1.29 is 9.59 Å². The number of nitrogens with zero attached hydrogens (tertiary/aromatic N) is 2. The Labute approximate surface area is 202 Å². The first-order chi connectivity index (χ1) is 16.0. The highest BCUT2D eigenvalue weighted by Gasteiger charge is 2.44. The van der Waals surface area contributed by atoms with Crippen molar-refractivity contribution in [1.82, 2.24) is 15.1 Å². The van der Waals surface area contributed by atoms with Crippen molar-refractivity contribution in [3.05, 3.63) is 57.8 Å². The molecular weight excluding hydrogens is 430 g/mol. The molecule has 0 spiro atoms. The van der Waals surface area contributed by atoms with E-state index >= 15 is 0 Å². The van der Waals surface area contributed by atoms with Gasteiger partial charge in [-0.25, -0.2) is 0 Å². The van der Waals surface area contributed by atoms with Crippen molar-refractivity contribution in [2.75, 3.05) is 32.7 Å². The fourth-order valence-electron chi connectivity index (χ4n) is 5.16. The van der Waals surface area contributed by atoms with Crippen LogP contribution in [0.25, 0.3) is 0 Å². The Balaban J connectivity index is 1.52. The number of hydrogen-bond acceptors (Lipinski definition) is 4. The number of amides is 2. The van der Waals surface area contributed by atoms with Crippen LogP contribution in [0.15, 0.2) is 41.8 Å². The van der Waals surface area contributed by atoms with Crippen molar-refractivity contribution in [3.8, 4) is 0 Å². The molecule has 2 aromatic rings. The fourth-order valence-corrected chi connectivity index (χ4v) is 6.03. The van der Waals surface area contributed by atoms with E-state index < -0.39 is 5.92 Å². The number of likely N-dealkylation sites (tertiary alicyclic amines) is 1. The summed E-state index contributed by atoms with van der Waals surface area (Å²) in [5.41, 5.74) is 1.51. The maximum atomic E-state index is 13.6. The molecule has 2 atom stereocenters. The summed E-state index contributed by atoms with van der Waals surface area (Å²) in [5, 5.41) is 5.25. The highest BCUT2D eigenvalue weighted by molar-refractivity contribution is 7.10. The second-order valence-corrected chi connectivity index (χ2v) is 11.0. The summed E-state index contributed by atoms with van der Waals surface area (Å²) in [6.45, 7) is 11.2. The molecule has 3 heterocycles. The van der Waals surface area contributed by atoms with Gasteiger partial charge in [-0.05, 0) is 73.8 Å². The summed E-state index contributed by atoms with van der Waals surface area (Å²) in [7, 11) is 0. The van der Waals surface area contributed by atoms with E-state index in [0.717, 1.165) is 42.4 Å². The lowest BCUT2D eigenvalue weighted by molar-refractivity contribution is -0.124. The molecule has 0 aliphatic carbocycles. The van der Waals surface area contributed by atoms with Gasteiger partial charge in [0.2, 0.25) is 5.91 Å². The zero-order chi connectivity index (χ0) is 23.4. The van der Waals surface area contributed by atoms with Gasteiger partial charge in [0, 0.05) is 23.5 Å². The zero-order valence-corrected chi connectivity index (χ0v) is 20.9. The number of benzene rings is 1. The molecule has 0 saturated carbocycles. The molecule has 6 heteroatoms. The molecule has 1 aromatic heterocycles. The minimum Gasteiger partial charge on any atom is -0.355 e. The largest absolute Gasteiger partial charge is 0.355 e. The molecule has 1 aromatic carbocycles. The molecule has 4 rings (SSSR count). The molecule has 5 nitrogen and oxygen atoms in total. The minimum atomic E-state index is -0.396. The number of hydrogen-bond donors (Lipinski definition) is 1. The van der Waals surface area contributed by atoms with Crippen LogP contribution in [0.2, 0.25) is 0 Å². The average Bonchev–Trinajstić information content (AvgIpc) is 3.33. The number of piperidine rings is 1. The van der Waals surface area contributed by atoms with Gasteiger partial charge in [0.05, 0.1) is 12.0 Å². The maximum Gasteiger partial charge on any atom is 0.254 e. The minimum absolute atomic E-state index is 0.0226. The number of nitrogens with one attached hydrogen (secondary N) is 1. The quantitative estimate of drug-likeness (QED) is 0.561. The highest BCUT2D eigenvalue weighted by atomic mass is 32.1. The van der Waals surface area contributed by atoms with Crippen LogP contribution in [0.3, 0.4) is 0 Å². The topological polar surface area (TPSA) is 52.7 Å². The van der Waals surface area contributed by atoms with Gasteiger partial charge in [0.25, 0.3) is 5.91 Å². The molecule has 2 amide bonds.